The molecule has 0 aromatic carbocycles. The van der Waals surface area contributed by atoms with Gasteiger partial charge in [-0.15, -0.1) is 20.4 Å². The summed E-state index contributed by atoms with van der Waals surface area (Å²) in [4.78, 5) is 2.84. The van der Waals surface area contributed by atoms with Crippen molar-refractivity contribution in [1.82, 2.24) is 25.3 Å². The summed E-state index contributed by atoms with van der Waals surface area (Å²) in [5.74, 6) is 7.47. The van der Waals surface area contributed by atoms with Gasteiger partial charge >= 0.3 is 0 Å². The Bertz CT molecular complexity index is 1370. The Labute approximate surface area is 308 Å². The fraction of sp³-hybridized carbons (Fsp3) is 0.907. The second kappa shape index (κ2) is 15.9. The summed E-state index contributed by atoms with van der Waals surface area (Å²) in [5.41, 5.74) is 0.383. The number of aromatic nitrogens is 4. The first-order valence-electron chi connectivity index (χ1n) is 21.8. The predicted octanol–water partition coefficient (Wildman–Crippen LogP) is 10.9. The van der Waals surface area contributed by atoms with Crippen LogP contribution in [-0.4, -0.2) is 56.6 Å². The molecule has 2 heterocycles. The van der Waals surface area contributed by atoms with Gasteiger partial charge in [0.05, 0.1) is 12.2 Å². The van der Waals surface area contributed by atoms with Gasteiger partial charge in [0.25, 0.3) is 0 Å². The fourth-order valence-electron chi connectivity index (χ4n) is 12.0. The molecule has 2 aromatic heterocycles. The number of hydrogen-bond acceptors (Lipinski definition) is 8. The van der Waals surface area contributed by atoms with E-state index in [1.54, 1.807) is 0 Å². The standard InChI is InChI=1S/C43H69N5O3/c1-43(2,3)33-19-15-29(16-20-33)39-44-46-41(50-39)31-11-7-12-32(27-31)42-47-45-40(51-42)30-17-23-35(24-18-30)49-36-25-21-34(22-26-36)48(4)38-14-8-10-28-9-5-6-13-37(28)38/h28-38H,5-27H2,1-4H3. The van der Waals surface area contributed by atoms with Crippen molar-refractivity contribution in [1.29, 1.82) is 0 Å². The van der Waals surface area contributed by atoms with Crippen molar-refractivity contribution in [2.24, 2.45) is 23.2 Å². The molecule has 0 spiro atoms. The van der Waals surface area contributed by atoms with Gasteiger partial charge in [0.1, 0.15) is 0 Å². The lowest BCUT2D eigenvalue weighted by molar-refractivity contribution is -0.0632. The molecule has 6 saturated carbocycles. The number of rotatable bonds is 8. The van der Waals surface area contributed by atoms with Crippen LogP contribution in [-0.2, 0) is 4.74 Å². The van der Waals surface area contributed by atoms with E-state index in [4.69, 9.17) is 13.6 Å². The van der Waals surface area contributed by atoms with Crippen molar-refractivity contribution in [3.8, 4) is 0 Å². The van der Waals surface area contributed by atoms with Crippen LogP contribution in [0.2, 0.25) is 0 Å². The van der Waals surface area contributed by atoms with Crippen molar-refractivity contribution in [3.05, 3.63) is 23.6 Å². The van der Waals surface area contributed by atoms with E-state index in [1.165, 1.54) is 83.5 Å². The maximum absolute atomic E-state index is 6.78. The molecule has 8 heteroatoms. The van der Waals surface area contributed by atoms with Crippen LogP contribution >= 0.6 is 0 Å². The van der Waals surface area contributed by atoms with E-state index in [0.29, 0.717) is 29.5 Å². The van der Waals surface area contributed by atoms with Crippen molar-refractivity contribution >= 4 is 0 Å². The SMILES string of the molecule is CN(C1CCC(OC2CCC(c3nnc(C4CCCC(c5nnc(C6CCC(C(C)(C)C)CC6)o5)C4)o3)CC2)CC1)C1CCCC2CCCCC21. The maximum atomic E-state index is 6.78. The third kappa shape index (κ3) is 8.32. The quantitative estimate of drug-likeness (QED) is 0.268. The second-order valence-corrected chi connectivity index (χ2v) is 19.3. The first kappa shape index (κ1) is 36.2. The molecule has 0 bridgehead atoms. The van der Waals surface area contributed by atoms with Gasteiger partial charge in [-0.2, -0.15) is 0 Å². The molecule has 0 radical (unpaired) electrons. The molecular weight excluding hydrogens is 635 g/mol. The Balaban J connectivity index is 0.773. The molecule has 2 aromatic rings. The second-order valence-electron chi connectivity index (χ2n) is 19.3. The third-order valence-electron chi connectivity index (χ3n) is 15.3. The molecule has 5 atom stereocenters. The van der Waals surface area contributed by atoms with E-state index in [2.05, 4.69) is 53.1 Å². The highest BCUT2D eigenvalue weighted by Gasteiger charge is 2.40. The molecule has 6 aliphatic rings. The number of fused-ring (bicyclic) bond motifs is 1. The van der Waals surface area contributed by atoms with Gasteiger partial charge in [-0.1, -0.05) is 59.3 Å². The first-order chi connectivity index (χ1) is 24.8. The molecular formula is C43H69N5O3. The third-order valence-corrected chi connectivity index (χ3v) is 15.3. The minimum atomic E-state index is 0.277. The zero-order valence-electron chi connectivity index (χ0n) is 32.6. The maximum Gasteiger partial charge on any atom is 0.219 e. The van der Waals surface area contributed by atoms with Crippen molar-refractivity contribution in [2.75, 3.05) is 7.05 Å². The molecule has 284 valence electrons. The van der Waals surface area contributed by atoms with Crippen LogP contribution in [0.15, 0.2) is 8.83 Å². The van der Waals surface area contributed by atoms with Crippen LogP contribution in [0, 0.1) is 23.2 Å². The number of hydrogen-bond donors (Lipinski definition) is 0. The van der Waals surface area contributed by atoms with Crippen LogP contribution in [0.4, 0.5) is 0 Å². The molecule has 8 nitrogen and oxygen atoms in total. The van der Waals surface area contributed by atoms with Crippen LogP contribution in [0.5, 0.6) is 0 Å². The molecule has 0 N–H and O–H groups in total. The average molecular weight is 704 g/mol. The van der Waals surface area contributed by atoms with E-state index >= 15 is 0 Å². The summed E-state index contributed by atoms with van der Waals surface area (Å²) >= 11 is 0. The molecule has 8 rings (SSSR count). The van der Waals surface area contributed by atoms with Gasteiger partial charge in [-0.05, 0) is 139 Å². The van der Waals surface area contributed by atoms with Gasteiger partial charge < -0.3 is 18.5 Å². The zero-order valence-corrected chi connectivity index (χ0v) is 32.6. The van der Waals surface area contributed by atoms with E-state index in [1.807, 2.05) is 0 Å². The van der Waals surface area contributed by atoms with Gasteiger partial charge in [0.15, 0.2) is 0 Å². The van der Waals surface area contributed by atoms with Crippen LogP contribution in [0.25, 0.3) is 0 Å². The van der Waals surface area contributed by atoms with Crippen molar-refractivity contribution in [2.45, 2.75) is 216 Å². The van der Waals surface area contributed by atoms with E-state index in [-0.39, 0.29) is 11.8 Å². The summed E-state index contributed by atoms with van der Waals surface area (Å²) in [6.07, 6.45) is 29.7. The molecule has 5 unspecified atom stereocenters. The summed E-state index contributed by atoms with van der Waals surface area (Å²) in [7, 11) is 2.47. The van der Waals surface area contributed by atoms with Crippen LogP contribution in [0.3, 0.4) is 0 Å². The summed E-state index contributed by atoms with van der Waals surface area (Å²) in [6, 6.07) is 1.59. The first-order valence-corrected chi connectivity index (χ1v) is 21.8. The lowest BCUT2D eigenvalue weighted by atomic mass is 9.67. The Morgan fingerprint density at radius 1 is 0.529 bits per heavy atom. The van der Waals surface area contributed by atoms with Crippen molar-refractivity contribution in [3.63, 3.8) is 0 Å². The highest BCUT2D eigenvalue weighted by molar-refractivity contribution is 5.05. The molecule has 0 amide bonds. The van der Waals surface area contributed by atoms with Gasteiger partial charge in [0, 0.05) is 35.8 Å². The minimum Gasteiger partial charge on any atom is -0.425 e. The summed E-state index contributed by atoms with van der Waals surface area (Å²) in [6.45, 7) is 7.13. The molecule has 51 heavy (non-hydrogen) atoms. The fourth-order valence-corrected chi connectivity index (χ4v) is 12.0. The Morgan fingerprint density at radius 3 is 1.61 bits per heavy atom. The largest absolute Gasteiger partial charge is 0.425 e. The van der Waals surface area contributed by atoms with Gasteiger partial charge in [-0.3, -0.25) is 0 Å². The smallest absolute Gasteiger partial charge is 0.219 e. The highest BCUT2D eigenvalue weighted by atomic mass is 16.5. The predicted molar refractivity (Wildman–Crippen MR) is 200 cm³/mol. The molecule has 6 aliphatic carbocycles. The van der Waals surface area contributed by atoms with Crippen molar-refractivity contribution < 1.29 is 13.6 Å². The Hall–Kier alpha value is -1.80. The molecule has 6 fully saturated rings. The minimum absolute atomic E-state index is 0.277. The number of nitrogens with zero attached hydrogens (tertiary/aromatic N) is 5. The molecule has 0 saturated heterocycles. The van der Waals surface area contributed by atoms with Gasteiger partial charge in [-0.25, -0.2) is 0 Å². The zero-order chi connectivity index (χ0) is 35.0. The van der Waals surface area contributed by atoms with Crippen LogP contribution in [0.1, 0.15) is 216 Å². The van der Waals surface area contributed by atoms with Crippen LogP contribution < -0.4 is 0 Å². The van der Waals surface area contributed by atoms with E-state index < -0.39 is 0 Å². The lowest BCUT2D eigenvalue weighted by Crippen LogP contribution is -2.50. The van der Waals surface area contributed by atoms with E-state index in [0.717, 1.165) is 118 Å². The Kier molecular flexibility index (Phi) is 11.3. The average Bonchev–Trinajstić information content (AvgIpc) is 3.87. The highest BCUT2D eigenvalue weighted by Crippen LogP contribution is 2.46. The topological polar surface area (TPSA) is 90.3 Å². The lowest BCUT2D eigenvalue weighted by Gasteiger charge is -2.48. The van der Waals surface area contributed by atoms with Gasteiger partial charge in [0.2, 0.25) is 23.6 Å². The van der Waals surface area contributed by atoms with E-state index in [9.17, 15) is 0 Å². The normalized spacial score (nSPS) is 38.4. The summed E-state index contributed by atoms with van der Waals surface area (Å²) in [5, 5.41) is 18.4. The monoisotopic (exact) mass is 704 g/mol. The Morgan fingerprint density at radius 2 is 1.02 bits per heavy atom. The summed E-state index contributed by atoms with van der Waals surface area (Å²) < 4.78 is 19.6. The number of ether oxygens (including phenoxy) is 1. The molecule has 0 aliphatic heterocycles.